The summed E-state index contributed by atoms with van der Waals surface area (Å²) >= 11 is 1.69. The maximum absolute atomic E-state index is 12.9. The zero-order chi connectivity index (χ0) is 16.5. The van der Waals surface area contributed by atoms with Crippen LogP contribution in [0.2, 0.25) is 0 Å². The van der Waals surface area contributed by atoms with Gasteiger partial charge in [-0.1, -0.05) is 6.07 Å². The standard InChI is InChI=1S/C18H18N4OS/c1-12-6-7-17(24-12)14-10-15(21-20-14)18(23)22-9-3-5-16(22)13-4-2-8-19-11-13/h2,4,6-8,10-11,16H,3,5,9H2,1H3,(H,20,21)/t16-/m1/s1. The van der Waals surface area contributed by atoms with Gasteiger partial charge in [0.25, 0.3) is 5.91 Å². The van der Waals surface area contributed by atoms with Gasteiger partial charge in [0.05, 0.1) is 16.6 Å². The number of H-pyrrole nitrogens is 1. The van der Waals surface area contributed by atoms with Crippen LogP contribution in [0.4, 0.5) is 0 Å². The van der Waals surface area contributed by atoms with Gasteiger partial charge in [-0.25, -0.2) is 0 Å². The fourth-order valence-electron chi connectivity index (χ4n) is 3.21. The van der Waals surface area contributed by atoms with Crippen LogP contribution in [-0.4, -0.2) is 32.5 Å². The number of rotatable bonds is 3. The number of aromatic amines is 1. The first-order valence-electron chi connectivity index (χ1n) is 8.05. The van der Waals surface area contributed by atoms with E-state index in [1.54, 1.807) is 17.5 Å². The van der Waals surface area contributed by atoms with E-state index >= 15 is 0 Å². The van der Waals surface area contributed by atoms with Gasteiger partial charge in [-0.2, -0.15) is 5.10 Å². The Morgan fingerprint density at radius 3 is 3.04 bits per heavy atom. The van der Waals surface area contributed by atoms with Crippen molar-refractivity contribution in [1.82, 2.24) is 20.1 Å². The molecule has 1 atom stereocenters. The third-order valence-corrected chi connectivity index (χ3v) is 5.42. The largest absolute Gasteiger partial charge is 0.330 e. The normalized spacial score (nSPS) is 17.4. The van der Waals surface area contributed by atoms with Crippen molar-refractivity contribution >= 4 is 17.2 Å². The summed E-state index contributed by atoms with van der Waals surface area (Å²) in [6.07, 6.45) is 5.58. The Balaban J connectivity index is 1.58. The van der Waals surface area contributed by atoms with Crippen LogP contribution in [0.25, 0.3) is 10.6 Å². The number of aromatic nitrogens is 3. The average molecular weight is 338 g/mol. The number of pyridine rings is 1. The molecule has 3 aromatic heterocycles. The molecular formula is C18H18N4OS. The lowest BCUT2D eigenvalue weighted by atomic mass is 10.1. The first kappa shape index (κ1) is 15.1. The number of carbonyl (C=O) groups is 1. The minimum absolute atomic E-state index is 0.0165. The van der Waals surface area contributed by atoms with Crippen LogP contribution in [0.5, 0.6) is 0 Å². The van der Waals surface area contributed by atoms with Crippen molar-refractivity contribution in [3.63, 3.8) is 0 Å². The first-order chi connectivity index (χ1) is 11.7. The van der Waals surface area contributed by atoms with E-state index in [9.17, 15) is 4.79 Å². The first-order valence-corrected chi connectivity index (χ1v) is 8.87. The van der Waals surface area contributed by atoms with Gasteiger partial charge in [0.15, 0.2) is 5.69 Å². The van der Waals surface area contributed by atoms with E-state index in [-0.39, 0.29) is 11.9 Å². The maximum atomic E-state index is 12.9. The summed E-state index contributed by atoms with van der Waals surface area (Å²) < 4.78 is 0. The Morgan fingerprint density at radius 2 is 2.29 bits per heavy atom. The summed E-state index contributed by atoms with van der Waals surface area (Å²) in [6.45, 7) is 2.83. The van der Waals surface area contributed by atoms with Gasteiger partial charge in [0.2, 0.25) is 0 Å². The van der Waals surface area contributed by atoms with Gasteiger partial charge in [0.1, 0.15) is 0 Å². The molecular weight excluding hydrogens is 320 g/mol. The fourth-order valence-corrected chi connectivity index (χ4v) is 4.05. The molecule has 1 aliphatic heterocycles. The third-order valence-electron chi connectivity index (χ3n) is 4.39. The van der Waals surface area contributed by atoms with Crippen LogP contribution in [0.3, 0.4) is 0 Å². The molecule has 3 aromatic rings. The summed E-state index contributed by atoms with van der Waals surface area (Å²) in [6, 6.07) is 10.0. The van der Waals surface area contributed by atoms with Crippen LogP contribution >= 0.6 is 11.3 Å². The second kappa shape index (κ2) is 6.20. The lowest BCUT2D eigenvalue weighted by Gasteiger charge is -2.23. The third kappa shape index (κ3) is 2.73. The number of amides is 1. The smallest absolute Gasteiger partial charge is 0.274 e. The highest BCUT2D eigenvalue weighted by Gasteiger charge is 2.31. The highest BCUT2D eigenvalue weighted by Crippen LogP contribution is 2.33. The predicted octanol–water partition coefficient (Wildman–Crippen LogP) is 3.82. The lowest BCUT2D eigenvalue weighted by molar-refractivity contribution is 0.0729. The molecule has 1 amide bonds. The van der Waals surface area contributed by atoms with E-state index in [2.05, 4.69) is 34.2 Å². The zero-order valence-electron chi connectivity index (χ0n) is 13.4. The van der Waals surface area contributed by atoms with Gasteiger partial charge in [-0.15, -0.1) is 11.3 Å². The van der Waals surface area contributed by atoms with E-state index in [1.807, 2.05) is 29.3 Å². The molecule has 1 aliphatic rings. The van der Waals surface area contributed by atoms with Crippen molar-refractivity contribution in [3.8, 4) is 10.6 Å². The molecule has 0 unspecified atom stereocenters. The molecule has 1 fully saturated rings. The fraction of sp³-hybridized carbons (Fsp3) is 0.278. The molecule has 0 spiro atoms. The summed E-state index contributed by atoms with van der Waals surface area (Å²) in [5.41, 5.74) is 2.47. The quantitative estimate of drug-likeness (QED) is 0.790. The Morgan fingerprint density at radius 1 is 1.38 bits per heavy atom. The number of carbonyl (C=O) groups excluding carboxylic acids is 1. The average Bonchev–Trinajstić information content (AvgIpc) is 3.35. The number of thiophene rings is 1. The summed E-state index contributed by atoms with van der Waals surface area (Å²) in [5, 5.41) is 7.24. The Hall–Kier alpha value is -2.47. The minimum atomic E-state index is -0.0165. The summed E-state index contributed by atoms with van der Waals surface area (Å²) in [4.78, 5) is 21.3. The van der Waals surface area contributed by atoms with Crippen LogP contribution in [0, 0.1) is 6.92 Å². The number of hydrogen-bond acceptors (Lipinski definition) is 4. The molecule has 0 bridgehead atoms. The highest BCUT2D eigenvalue weighted by atomic mass is 32.1. The molecule has 1 N–H and O–H groups in total. The van der Waals surface area contributed by atoms with Crippen LogP contribution in [0.15, 0.2) is 42.7 Å². The molecule has 1 saturated heterocycles. The number of nitrogens with one attached hydrogen (secondary N) is 1. The molecule has 0 aliphatic carbocycles. The van der Waals surface area contributed by atoms with Gasteiger partial charge >= 0.3 is 0 Å². The van der Waals surface area contributed by atoms with Crippen LogP contribution in [0.1, 0.15) is 39.8 Å². The van der Waals surface area contributed by atoms with E-state index in [0.29, 0.717) is 5.69 Å². The van der Waals surface area contributed by atoms with Crippen molar-refractivity contribution in [2.75, 3.05) is 6.54 Å². The Labute approximate surface area is 144 Å². The predicted molar refractivity (Wildman–Crippen MR) is 93.9 cm³/mol. The van der Waals surface area contributed by atoms with Crippen molar-refractivity contribution in [2.45, 2.75) is 25.8 Å². The van der Waals surface area contributed by atoms with Crippen molar-refractivity contribution in [3.05, 3.63) is 58.9 Å². The zero-order valence-corrected chi connectivity index (χ0v) is 14.2. The molecule has 4 rings (SSSR count). The van der Waals surface area contributed by atoms with E-state index < -0.39 is 0 Å². The lowest BCUT2D eigenvalue weighted by Crippen LogP contribution is -2.30. The van der Waals surface area contributed by atoms with E-state index in [1.165, 1.54) is 4.88 Å². The highest BCUT2D eigenvalue weighted by molar-refractivity contribution is 7.15. The van der Waals surface area contributed by atoms with E-state index in [4.69, 9.17) is 0 Å². The number of likely N-dealkylation sites (tertiary alicyclic amines) is 1. The van der Waals surface area contributed by atoms with Crippen molar-refractivity contribution in [1.29, 1.82) is 0 Å². The molecule has 0 radical (unpaired) electrons. The molecule has 122 valence electrons. The molecule has 0 aromatic carbocycles. The maximum Gasteiger partial charge on any atom is 0.274 e. The molecule has 5 nitrogen and oxygen atoms in total. The molecule has 6 heteroatoms. The number of nitrogens with zero attached hydrogens (tertiary/aromatic N) is 3. The summed E-state index contributed by atoms with van der Waals surface area (Å²) in [7, 11) is 0. The second-order valence-corrected chi connectivity index (χ2v) is 7.31. The van der Waals surface area contributed by atoms with Crippen molar-refractivity contribution < 1.29 is 4.79 Å². The topological polar surface area (TPSA) is 61.9 Å². The van der Waals surface area contributed by atoms with Gasteiger partial charge in [-0.3, -0.25) is 14.9 Å². The Bertz CT molecular complexity index is 855. The van der Waals surface area contributed by atoms with Gasteiger partial charge in [0, 0.05) is 23.8 Å². The van der Waals surface area contributed by atoms with Gasteiger partial charge < -0.3 is 4.90 Å². The summed E-state index contributed by atoms with van der Waals surface area (Å²) in [5.74, 6) is -0.0165. The van der Waals surface area contributed by atoms with Crippen LogP contribution < -0.4 is 0 Å². The Kier molecular flexibility index (Phi) is 3.90. The van der Waals surface area contributed by atoms with Gasteiger partial charge in [-0.05, 0) is 49.6 Å². The SMILES string of the molecule is Cc1ccc(-c2cc(C(=O)N3CCC[C@@H]3c3cccnc3)n[nH]2)s1. The molecule has 24 heavy (non-hydrogen) atoms. The molecule has 0 saturated carbocycles. The van der Waals surface area contributed by atoms with Crippen molar-refractivity contribution in [2.24, 2.45) is 0 Å². The van der Waals surface area contributed by atoms with Crippen LogP contribution in [-0.2, 0) is 0 Å². The minimum Gasteiger partial charge on any atom is -0.330 e. The monoisotopic (exact) mass is 338 g/mol. The molecule has 4 heterocycles. The number of aryl methyl sites for hydroxylation is 1. The second-order valence-electron chi connectivity index (χ2n) is 6.02. The van der Waals surface area contributed by atoms with E-state index in [0.717, 1.165) is 35.5 Å². The number of hydrogen-bond donors (Lipinski definition) is 1.